The first kappa shape index (κ1) is 20.1. The number of rotatable bonds is 6. The number of carboxylic acids is 1. The Labute approximate surface area is 165 Å². The van der Waals surface area contributed by atoms with Crippen LogP contribution in [0.3, 0.4) is 0 Å². The molecule has 0 saturated carbocycles. The number of hydrogen-bond acceptors (Lipinski definition) is 3. The van der Waals surface area contributed by atoms with Gasteiger partial charge in [0.2, 0.25) is 5.91 Å². The summed E-state index contributed by atoms with van der Waals surface area (Å²) in [5, 5.41) is 20.6. The second kappa shape index (κ2) is 8.57. The van der Waals surface area contributed by atoms with Crippen LogP contribution in [0.15, 0.2) is 54.6 Å². The predicted molar refractivity (Wildman–Crippen MR) is 107 cm³/mol. The Morgan fingerprint density at radius 3 is 2.43 bits per heavy atom. The van der Waals surface area contributed by atoms with E-state index >= 15 is 0 Å². The van der Waals surface area contributed by atoms with Crippen LogP contribution in [0, 0.1) is 12.3 Å². The smallest absolute Gasteiger partial charge is 0.312 e. The van der Waals surface area contributed by atoms with E-state index in [0.29, 0.717) is 19.4 Å². The Hall–Kier alpha value is -2.66. The predicted octanol–water partition coefficient (Wildman–Crippen LogP) is 2.83. The number of amides is 1. The molecule has 0 radical (unpaired) electrons. The SMILES string of the molecule is Cc1ccccc1CCC(=O)N1CC[C@](Cc2ccccc2)(C(=O)O)C(O)C1. The monoisotopic (exact) mass is 381 g/mol. The molecular formula is C23H27NO4. The minimum atomic E-state index is -1.26. The zero-order valence-electron chi connectivity index (χ0n) is 16.2. The third-order valence-electron chi connectivity index (χ3n) is 5.87. The summed E-state index contributed by atoms with van der Waals surface area (Å²) in [4.78, 5) is 26.3. The number of aliphatic hydroxyl groups is 1. The van der Waals surface area contributed by atoms with Crippen molar-refractivity contribution in [3.63, 3.8) is 0 Å². The van der Waals surface area contributed by atoms with Crippen molar-refractivity contribution in [2.75, 3.05) is 13.1 Å². The minimum Gasteiger partial charge on any atom is -0.481 e. The second-order valence-electron chi connectivity index (χ2n) is 7.66. The summed E-state index contributed by atoms with van der Waals surface area (Å²) in [7, 11) is 0. The zero-order chi connectivity index (χ0) is 20.1. The van der Waals surface area contributed by atoms with Crippen molar-refractivity contribution in [1.29, 1.82) is 0 Å². The first-order chi connectivity index (χ1) is 13.4. The number of carbonyl (C=O) groups is 2. The summed E-state index contributed by atoms with van der Waals surface area (Å²) < 4.78 is 0. The van der Waals surface area contributed by atoms with Crippen molar-refractivity contribution >= 4 is 11.9 Å². The van der Waals surface area contributed by atoms with E-state index in [-0.39, 0.29) is 25.3 Å². The number of benzene rings is 2. The van der Waals surface area contributed by atoms with Crippen molar-refractivity contribution in [1.82, 2.24) is 4.90 Å². The lowest BCUT2D eigenvalue weighted by Crippen LogP contribution is -2.57. The highest BCUT2D eigenvalue weighted by molar-refractivity contribution is 5.79. The zero-order valence-corrected chi connectivity index (χ0v) is 16.2. The highest BCUT2D eigenvalue weighted by Gasteiger charge is 2.49. The molecule has 2 atom stereocenters. The van der Waals surface area contributed by atoms with Crippen LogP contribution < -0.4 is 0 Å². The van der Waals surface area contributed by atoms with Crippen LogP contribution in [0.2, 0.25) is 0 Å². The van der Waals surface area contributed by atoms with Gasteiger partial charge in [0.05, 0.1) is 6.10 Å². The molecule has 1 fully saturated rings. The summed E-state index contributed by atoms with van der Waals surface area (Å²) in [5.41, 5.74) is 1.91. The van der Waals surface area contributed by atoms with Crippen LogP contribution >= 0.6 is 0 Å². The van der Waals surface area contributed by atoms with Gasteiger partial charge in [-0.2, -0.15) is 0 Å². The van der Waals surface area contributed by atoms with E-state index in [4.69, 9.17) is 0 Å². The van der Waals surface area contributed by atoms with Crippen LogP contribution in [0.1, 0.15) is 29.5 Å². The van der Waals surface area contributed by atoms with E-state index in [0.717, 1.165) is 16.7 Å². The van der Waals surface area contributed by atoms with Gasteiger partial charge < -0.3 is 15.1 Å². The van der Waals surface area contributed by atoms with Crippen LogP contribution in [0.4, 0.5) is 0 Å². The molecule has 148 valence electrons. The number of nitrogens with zero attached hydrogens (tertiary/aromatic N) is 1. The molecule has 0 bridgehead atoms. The second-order valence-corrected chi connectivity index (χ2v) is 7.66. The van der Waals surface area contributed by atoms with Gasteiger partial charge in [0.15, 0.2) is 0 Å². The lowest BCUT2D eigenvalue weighted by atomic mass is 9.71. The lowest BCUT2D eigenvalue weighted by molar-refractivity contribution is -0.166. The first-order valence-electron chi connectivity index (χ1n) is 9.70. The molecule has 1 unspecified atom stereocenters. The van der Waals surface area contributed by atoms with Crippen LogP contribution in [0.5, 0.6) is 0 Å². The third kappa shape index (κ3) is 4.25. The number of likely N-dealkylation sites (tertiary alicyclic amines) is 1. The minimum absolute atomic E-state index is 0.0407. The van der Waals surface area contributed by atoms with E-state index in [9.17, 15) is 19.8 Å². The molecule has 1 heterocycles. The van der Waals surface area contributed by atoms with E-state index in [1.807, 2.05) is 61.5 Å². The molecule has 1 saturated heterocycles. The molecule has 5 heteroatoms. The van der Waals surface area contributed by atoms with Gasteiger partial charge in [0.1, 0.15) is 5.41 Å². The van der Waals surface area contributed by atoms with Gasteiger partial charge in [-0.15, -0.1) is 0 Å². The van der Waals surface area contributed by atoms with Gasteiger partial charge in [-0.3, -0.25) is 9.59 Å². The Balaban J connectivity index is 1.65. The van der Waals surface area contributed by atoms with E-state index < -0.39 is 17.5 Å². The quantitative estimate of drug-likeness (QED) is 0.807. The van der Waals surface area contributed by atoms with Crippen molar-refractivity contribution in [3.8, 4) is 0 Å². The highest BCUT2D eigenvalue weighted by Crippen LogP contribution is 2.36. The number of carboxylic acid groups (broad SMARTS) is 1. The summed E-state index contributed by atoms with van der Waals surface area (Å²) in [6.45, 7) is 2.43. The number of aryl methyl sites for hydroxylation is 2. The molecule has 28 heavy (non-hydrogen) atoms. The summed E-state index contributed by atoms with van der Waals surface area (Å²) in [5.74, 6) is -1.04. The highest BCUT2D eigenvalue weighted by atomic mass is 16.4. The molecular weight excluding hydrogens is 354 g/mol. The van der Waals surface area contributed by atoms with Crippen molar-refractivity contribution in [2.24, 2.45) is 5.41 Å². The normalized spacial score (nSPS) is 22.1. The summed E-state index contributed by atoms with van der Waals surface area (Å²) in [6.07, 6.45) is 0.411. The average molecular weight is 381 g/mol. The van der Waals surface area contributed by atoms with E-state index in [1.165, 1.54) is 0 Å². The Morgan fingerprint density at radius 2 is 1.79 bits per heavy atom. The van der Waals surface area contributed by atoms with E-state index in [1.54, 1.807) is 4.90 Å². The fourth-order valence-corrected chi connectivity index (χ4v) is 3.98. The number of hydrogen-bond donors (Lipinski definition) is 2. The summed E-state index contributed by atoms with van der Waals surface area (Å²) in [6, 6.07) is 17.3. The van der Waals surface area contributed by atoms with Crippen LogP contribution in [-0.4, -0.2) is 46.2 Å². The average Bonchev–Trinajstić information content (AvgIpc) is 2.69. The molecule has 0 spiro atoms. The number of aliphatic carboxylic acids is 1. The van der Waals surface area contributed by atoms with Gasteiger partial charge in [-0.25, -0.2) is 0 Å². The topological polar surface area (TPSA) is 77.8 Å². The third-order valence-corrected chi connectivity index (χ3v) is 5.87. The van der Waals surface area contributed by atoms with E-state index in [2.05, 4.69) is 0 Å². The molecule has 2 N–H and O–H groups in total. The number of piperidine rings is 1. The molecule has 1 aliphatic rings. The lowest BCUT2D eigenvalue weighted by Gasteiger charge is -2.43. The van der Waals surface area contributed by atoms with Gasteiger partial charge >= 0.3 is 5.97 Å². The first-order valence-corrected chi connectivity index (χ1v) is 9.70. The molecule has 5 nitrogen and oxygen atoms in total. The maximum Gasteiger partial charge on any atom is 0.312 e. The van der Waals surface area contributed by atoms with Crippen molar-refractivity contribution in [2.45, 2.75) is 38.7 Å². The van der Waals surface area contributed by atoms with Gasteiger partial charge in [-0.1, -0.05) is 54.6 Å². The fourth-order valence-electron chi connectivity index (χ4n) is 3.98. The number of aliphatic hydroxyl groups excluding tert-OH is 1. The van der Waals surface area contributed by atoms with Crippen LogP contribution in [0.25, 0.3) is 0 Å². The molecule has 1 aliphatic heterocycles. The van der Waals surface area contributed by atoms with Gasteiger partial charge in [0, 0.05) is 19.5 Å². The molecule has 2 aromatic rings. The molecule has 0 aliphatic carbocycles. The fraction of sp³-hybridized carbons (Fsp3) is 0.391. The van der Waals surface area contributed by atoms with Crippen molar-refractivity contribution in [3.05, 3.63) is 71.3 Å². The maximum absolute atomic E-state index is 12.6. The standard InChI is InChI=1S/C23H27NO4/c1-17-7-5-6-10-19(17)11-12-21(26)24-14-13-23(22(27)28,20(25)16-24)15-18-8-3-2-4-9-18/h2-10,20,25H,11-16H2,1H3,(H,27,28)/t20?,23-/m1/s1. The summed E-state index contributed by atoms with van der Waals surface area (Å²) >= 11 is 0. The van der Waals surface area contributed by atoms with Crippen LogP contribution in [-0.2, 0) is 22.4 Å². The molecule has 1 amide bonds. The molecule has 3 rings (SSSR count). The Bertz CT molecular complexity index is 836. The Morgan fingerprint density at radius 1 is 1.11 bits per heavy atom. The van der Waals surface area contributed by atoms with Gasteiger partial charge in [-0.05, 0) is 42.9 Å². The molecule has 2 aromatic carbocycles. The largest absolute Gasteiger partial charge is 0.481 e. The van der Waals surface area contributed by atoms with Crippen molar-refractivity contribution < 1.29 is 19.8 Å². The Kier molecular flexibility index (Phi) is 6.15. The van der Waals surface area contributed by atoms with Gasteiger partial charge in [0.25, 0.3) is 0 Å². The molecule has 0 aromatic heterocycles. The number of β-amino-alcohol motifs (C(OH)–C–C–N with tert-alkyl or cyclic N) is 1. The number of carbonyl (C=O) groups excluding carboxylic acids is 1. The maximum atomic E-state index is 12.6.